The first-order chi connectivity index (χ1) is 15.4. The third-order valence-corrected chi connectivity index (χ3v) is 5.11. The Morgan fingerprint density at radius 2 is 2.06 bits per heavy atom. The molecule has 0 fully saturated rings. The molecule has 0 aliphatic carbocycles. The van der Waals surface area contributed by atoms with Crippen molar-refractivity contribution in [3.8, 4) is 5.69 Å². The molecule has 0 atom stereocenters. The minimum absolute atomic E-state index is 0.279. The van der Waals surface area contributed by atoms with Gasteiger partial charge in [0.2, 0.25) is 5.95 Å². The van der Waals surface area contributed by atoms with Gasteiger partial charge in [-0.25, -0.2) is 23.1 Å². The number of fused-ring (bicyclic) bond motifs is 2. The maximum atomic E-state index is 12.8. The van der Waals surface area contributed by atoms with Gasteiger partial charge in [0, 0.05) is 24.3 Å². The number of aryl methyl sites for hydroxylation is 2. The second-order valence-electron chi connectivity index (χ2n) is 7.27. The molecule has 5 aromatic rings. The van der Waals surface area contributed by atoms with Crippen LogP contribution in [0.15, 0.2) is 47.8 Å². The van der Waals surface area contributed by atoms with E-state index in [1.165, 1.54) is 27.7 Å². The van der Waals surface area contributed by atoms with E-state index in [9.17, 15) is 13.6 Å². The van der Waals surface area contributed by atoms with Gasteiger partial charge in [-0.3, -0.25) is 9.25 Å². The Bertz CT molecular complexity index is 1520. The zero-order valence-corrected chi connectivity index (χ0v) is 17.1. The fourth-order valence-electron chi connectivity index (χ4n) is 3.51. The highest BCUT2D eigenvalue weighted by Crippen LogP contribution is 2.25. The van der Waals surface area contributed by atoms with Gasteiger partial charge in [-0.2, -0.15) is 20.3 Å². The van der Waals surface area contributed by atoms with Crippen LogP contribution in [0.3, 0.4) is 0 Å². The van der Waals surface area contributed by atoms with E-state index in [1.807, 2.05) is 25.1 Å². The summed E-state index contributed by atoms with van der Waals surface area (Å²) in [6, 6.07) is 5.67. The summed E-state index contributed by atoms with van der Waals surface area (Å²) in [5, 5.41) is 16.0. The highest BCUT2D eigenvalue weighted by molar-refractivity contribution is 5.84. The molecule has 162 valence electrons. The molecule has 32 heavy (non-hydrogen) atoms. The average Bonchev–Trinajstić information content (AvgIpc) is 3.30. The minimum atomic E-state index is -2.55. The van der Waals surface area contributed by atoms with Crippen LogP contribution in [0.1, 0.15) is 5.56 Å². The van der Waals surface area contributed by atoms with E-state index in [4.69, 9.17) is 0 Å². The van der Waals surface area contributed by atoms with E-state index in [1.54, 1.807) is 13.2 Å². The fraction of sp³-hybridized carbons (Fsp3) is 0.200. The fourth-order valence-corrected chi connectivity index (χ4v) is 3.51. The zero-order chi connectivity index (χ0) is 22.4. The van der Waals surface area contributed by atoms with Gasteiger partial charge in [-0.05, 0) is 30.7 Å². The van der Waals surface area contributed by atoms with Crippen LogP contribution in [-0.4, -0.2) is 45.5 Å². The lowest BCUT2D eigenvalue weighted by molar-refractivity contribution is 0.122. The normalized spacial score (nSPS) is 11.7. The topological polar surface area (TPSA) is 108 Å². The standard InChI is InChI=1S/C20H17F2N9O/c1-11-5-15-12(3-4-24-28-15)6-14(11)26-19-23-8-16-18(27-19)31(20(32)29(16)2)13-7-25-30(9-13)10-17(21)22/h3-9,17H,10H2,1-2H3,(H,23,26,27). The van der Waals surface area contributed by atoms with Crippen LogP contribution in [-0.2, 0) is 13.6 Å². The second-order valence-corrected chi connectivity index (χ2v) is 7.27. The third-order valence-electron chi connectivity index (χ3n) is 5.11. The van der Waals surface area contributed by atoms with E-state index in [0.717, 1.165) is 26.8 Å². The van der Waals surface area contributed by atoms with Gasteiger partial charge in [-0.15, -0.1) is 0 Å². The first kappa shape index (κ1) is 19.7. The molecule has 0 saturated heterocycles. The number of nitrogens with one attached hydrogen (secondary N) is 1. The van der Waals surface area contributed by atoms with E-state index < -0.39 is 13.0 Å². The third kappa shape index (κ3) is 3.35. The number of aromatic nitrogens is 8. The summed E-state index contributed by atoms with van der Waals surface area (Å²) < 4.78 is 29.2. The smallest absolute Gasteiger partial charge is 0.324 e. The summed E-state index contributed by atoms with van der Waals surface area (Å²) in [5.74, 6) is 0.279. The van der Waals surface area contributed by atoms with Crippen molar-refractivity contribution in [1.82, 2.24) is 39.1 Å². The van der Waals surface area contributed by atoms with Gasteiger partial charge in [0.1, 0.15) is 12.1 Å². The van der Waals surface area contributed by atoms with E-state index in [2.05, 4.69) is 30.6 Å². The quantitative estimate of drug-likeness (QED) is 0.450. The van der Waals surface area contributed by atoms with Gasteiger partial charge < -0.3 is 5.32 Å². The number of anilines is 2. The molecule has 1 N–H and O–H groups in total. The first-order valence-corrected chi connectivity index (χ1v) is 9.65. The number of hydrogen-bond acceptors (Lipinski definition) is 7. The molecule has 10 nitrogen and oxygen atoms in total. The van der Waals surface area contributed by atoms with Crippen molar-refractivity contribution >= 4 is 33.7 Å². The Balaban J connectivity index is 1.58. The van der Waals surface area contributed by atoms with Crippen LogP contribution >= 0.6 is 0 Å². The minimum Gasteiger partial charge on any atom is -0.324 e. The second kappa shape index (κ2) is 7.48. The van der Waals surface area contributed by atoms with Crippen molar-refractivity contribution in [2.45, 2.75) is 19.9 Å². The molecule has 12 heteroatoms. The number of alkyl halides is 2. The summed E-state index contributed by atoms with van der Waals surface area (Å²) in [5.41, 5.74) is 3.24. The molecule has 4 aromatic heterocycles. The molecule has 5 rings (SSSR count). The summed E-state index contributed by atoms with van der Waals surface area (Å²) in [6.07, 6.45) is 3.33. The SMILES string of the molecule is Cc1cc2nnccc2cc1Nc1ncc2c(n1)n(-c1cnn(CC(F)F)c1)c(=O)n2C. The number of halogens is 2. The Morgan fingerprint density at radius 3 is 2.88 bits per heavy atom. The lowest BCUT2D eigenvalue weighted by atomic mass is 10.1. The molecule has 0 radical (unpaired) electrons. The van der Waals surface area contributed by atoms with Crippen LogP contribution < -0.4 is 11.0 Å². The maximum absolute atomic E-state index is 12.8. The number of rotatable bonds is 5. The molecule has 0 aliphatic heterocycles. The van der Waals surface area contributed by atoms with Crippen LogP contribution in [0, 0.1) is 6.92 Å². The summed E-state index contributed by atoms with van der Waals surface area (Å²) in [4.78, 5) is 21.7. The van der Waals surface area contributed by atoms with E-state index >= 15 is 0 Å². The molecule has 4 heterocycles. The largest absolute Gasteiger partial charge is 0.334 e. The highest BCUT2D eigenvalue weighted by atomic mass is 19.3. The number of benzene rings is 1. The van der Waals surface area contributed by atoms with E-state index in [0.29, 0.717) is 16.9 Å². The van der Waals surface area contributed by atoms with Crippen molar-refractivity contribution in [2.75, 3.05) is 5.32 Å². The van der Waals surface area contributed by atoms with E-state index in [-0.39, 0.29) is 11.6 Å². The molecule has 0 saturated carbocycles. The van der Waals surface area contributed by atoms with Crippen LogP contribution in [0.2, 0.25) is 0 Å². The molecular formula is C20H17F2N9O. The Kier molecular flexibility index (Phi) is 4.61. The van der Waals surface area contributed by atoms with Crippen LogP contribution in [0.4, 0.5) is 20.4 Å². The first-order valence-electron chi connectivity index (χ1n) is 9.65. The van der Waals surface area contributed by atoms with Crippen molar-refractivity contribution in [3.63, 3.8) is 0 Å². The maximum Gasteiger partial charge on any atom is 0.334 e. The Morgan fingerprint density at radius 1 is 1.22 bits per heavy atom. The predicted octanol–water partition coefficient (Wildman–Crippen LogP) is 2.58. The van der Waals surface area contributed by atoms with Gasteiger partial charge in [0.05, 0.1) is 29.8 Å². The Hall–Kier alpha value is -4.22. The molecular weight excluding hydrogens is 420 g/mol. The van der Waals surface area contributed by atoms with Gasteiger partial charge in [0.25, 0.3) is 6.43 Å². The zero-order valence-electron chi connectivity index (χ0n) is 17.1. The molecule has 0 aliphatic rings. The van der Waals surface area contributed by atoms with Crippen molar-refractivity contribution in [2.24, 2.45) is 7.05 Å². The Labute approximate surface area is 179 Å². The molecule has 0 bridgehead atoms. The van der Waals surface area contributed by atoms with Gasteiger partial charge >= 0.3 is 5.69 Å². The monoisotopic (exact) mass is 437 g/mol. The van der Waals surface area contributed by atoms with Crippen molar-refractivity contribution in [1.29, 1.82) is 0 Å². The molecule has 0 spiro atoms. The van der Waals surface area contributed by atoms with Crippen molar-refractivity contribution < 1.29 is 8.78 Å². The highest BCUT2D eigenvalue weighted by Gasteiger charge is 2.17. The van der Waals surface area contributed by atoms with Gasteiger partial charge in [0.15, 0.2) is 5.65 Å². The molecule has 0 amide bonds. The number of nitrogens with zero attached hydrogens (tertiary/aromatic N) is 8. The number of hydrogen-bond donors (Lipinski definition) is 1. The lowest BCUT2D eigenvalue weighted by Crippen LogP contribution is -2.20. The van der Waals surface area contributed by atoms with Crippen LogP contribution in [0.25, 0.3) is 27.8 Å². The molecule has 0 unspecified atom stereocenters. The number of imidazole rings is 1. The van der Waals surface area contributed by atoms with Crippen LogP contribution in [0.5, 0.6) is 0 Å². The summed E-state index contributed by atoms with van der Waals surface area (Å²) in [6.45, 7) is 1.36. The summed E-state index contributed by atoms with van der Waals surface area (Å²) >= 11 is 0. The lowest BCUT2D eigenvalue weighted by Gasteiger charge is -2.09. The van der Waals surface area contributed by atoms with Gasteiger partial charge in [-0.1, -0.05) is 0 Å². The predicted molar refractivity (Wildman–Crippen MR) is 113 cm³/mol. The molecule has 1 aromatic carbocycles. The summed E-state index contributed by atoms with van der Waals surface area (Å²) in [7, 11) is 1.59. The van der Waals surface area contributed by atoms with Crippen molar-refractivity contribution in [3.05, 3.63) is 59.0 Å². The average molecular weight is 437 g/mol.